The van der Waals surface area contributed by atoms with E-state index in [0.29, 0.717) is 10.9 Å². The second-order valence-corrected chi connectivity index (χ2v) is 6.43. The van der Waals surface area contributed by atoms with Gasteiger partial charge in [0.05, 0.1) is 4.34 Å². The molecule has 2 N–H and O–H groups in total. The highest BCUT2D eigenvalue weighted by Crippen LogP contribution is 2.30. The zero-order valence-electron chi connectivity index (χ0n) is 9.22. The molecule has 6 heteroatoms. The van der Waals surface area contributed by atoms with Gasteiger partial charge in [-0.1, -0.05) is 23.4 Å². The molecule has 0 atom stereocenters. The van der Waals surface area contributed by atoms with Crippen molar-refractivity contribution >= 4 is 51.5 Å². The molecule has 2 heterocycles. The van der Waals surface area contributed by atoms with Crippen LogP contribution in [0.4, 0.5) is 5.69 Å². The van der Waals surface area contributed by atoms with Crippen molar-refractivity contribution in [2.24, 2.45) is 0 Å². The molecule has 3 rings (SSSR count). The Bertz CT molecular complexity index is 692. The van der Waals surface area contributed by atoms with Gasteiger partial charge in [-0.2, -0.15) is 0 Å². The van der Waals surface area contributed by atoms with Crippen LogP contribution in [0.3, 0.4) is 0 Å². The van der Waals surface area contributed by atoms with Gasteiger partial charge < -0.3 is 10.2 Å². The summed E-state index contributed by atoms with van der Waals surface area (Å²) in [4.78, 5) is 5.58. The lowest BCUT2D eigenvalue weighted by atomic mass is 10.3. The minimum Gasteiger partial charge on any atom is -0.431 e. The van der Waals surface area contributed by atoms with Crippen LogP contribution < -0.4 is 5.73 Å². The summed E-state index contributed by atoms with van der Waals surface area (Å²) in [6.45, 7) is 0. The molecule has 0 aliphatic rings. The number of rotatable bonds is 3. The maximum Gasteiger partial charge on any atom is 0.257 e. The van der Waals surface area contributed by atoms with Crippen LogP contribution in [0, 0.1) is 0 Å². The minimum atomic E-state index is 0.653. The summed E-state index contributed by atoms with van der Waals surface area (Å²) in [6.07, 6.45) is 0. The molecule has 2 aromatic heterocycles. The normalized spacial score (nSPS) is 11.2. The largest absolute Gasteiger partial charge is 0.431 e. The first-order chi connectivity index (χ1) is 8.70. The predicted octanol–water partition coefficient (Wildman–Crippen LogP) is 4.42. The first-order valence-electron chi connectivity index (χ1n) is 5.24. The minimum absolute atomic E-state index is 0.653. The fourth-order valence-corrected chi connectivity index (χ4v) is 3.52. The summed E-state index contributed by atoms with van der Waals surface area (Å²) < 4.78 is 6.42. The van der Waals surface area contributed by atoms with Gasteiger partial charge in [0.25, 0.3) is 5.22 Å². The first kappa shape index (κ1) is 11.9. The summed E-state index contributed by atoms with van der Waals surface area (Å²) in [5.41, 5.74) is 7.94. The Morgan fingerprint density at radius 1 is 1.33 bits per heavy atom. The molecular formula is C12H9ClN2OS2. The van der Waals surface area contributed by atoms with Crippen LogP contribution >= 0.6 is 34.7 Å². The maximum atomic E-state index is 5.88. The van der Waals surface area contributed by atoms with Crippen LogP contribution in [-0.4, -0.2) is 4.98 Å². The monoisotopic (exact) mass is 296 g/mol. The van der Waals surface area contributed by atoms with Gasteiger partial charge in [-0.15, -0.1) is 11.3 Å². The Hall–Kier alpha value is -1.17. The molecule has 3 aromatic rings. The van der Waals surface area contributed by atoms with Gasteiger partial charge in [-0.3, -0.25) is 0 Å². The van der Waals surface area contributed by atoms with Crippen molar-refractivity contribution in [3.8, 4) is 0 Å². The van der Waals surface area contributed by atoms with E-state index in [9.17, 15) is 0 Å². The first-order valence-corrected chi connectivity index (χ1v) is 7.42. The summed E-state index contributed by atoms with van der Waals surface area (Å²) in [7, 11) is 0. The van der Waals surface area contributed by atoms with Gasteiger partial charge in [0.1, 0.15) is 5.52 Å². The zero-order chi connectivity index (χ0) is 12.5. The van der Waals surface area contributed by atoms with E-state index in [0.717, 1.165) is 21.2 Å². The quantitative estimate of drug-likeness (QED) is 0.574. The molecule has 0 fully saturated rings. The maximum absolute atomic E-state index is 5.88. The number of thioether (sulfide) groups is 1. The number of nitrogens with two attached hydrogens (primary N) is 1. The van der Waals surface area contributed by atoms with Crippen molar-refractivity contribution < 1.29 is 4.42 Å². The number of fused-ring (bicyclic) bond motifs is 1. The average Bonchev–Trinajstić information content (AvgIpc) is 2.92. The van der Waals surface area contributed by atoms with E-state index < -0.39 is 0 Å². The van der Waals surface area contributed by atoms with Crippen LogP contribution in [0.15, 0.2) is 40.0 Å². The van der Waals surface area contributed by atoms with Crippen molar-refractivity contribution in [3.63, 3.8) is 0 Å². The molecule has 0 unspecified atom stereocenters. The van der Waals surface area contributed by atoms with Crippen LogP contribution in [0.5, 0.6) is 0 Å². The number of anilines is 1. The summed E-state index contributed by atoms with van der Waals surface area (Å²) in [5.74, 6) is 0.805. The van der Waals surface area contributed by atoms with Gasteiger partial charge in [-0.25, -0.2) is 4.98 Å². The van der Waals surface area contributed by atoms with Crippen molar-refractivity contribution in [3.05, 3.63) is 39.5 Å². The highest BCUT2D eigenvalue weighted by molar-refractivity contribution is 7.98. The number of thiophene rings is 1. The van der Waals surface area contributed by atoms with E-state index in [4.69, 9.17) is 21.8 Å². The number of halogens is 1. The lowest BCUT2D eigenvalue weighted by molar-refractivity contribution is 0.489. The molecule has 0 saturated heterocycles. The van der Waals surface area contributed by atoms with E-state index in [1.54, 1.807) is 29.2 Å². The summed E-state index contributed by atoms with van der Waals surface area (Å²) >= 11 is 9.00. The highest BCUT2D eigenvalue weighted by Gasteiger charge is 2.07. The van der Waals surface area contributed by atoms with Gasteiger partial charge in [0, 0.05) is 16.3 Å². The fraction of sp³-hybridized carbons (Fsp3) is 0.0833. The predicted molar refractivity (Wildman–Crippen MR) is 77.3 cm³/mol. The van der Waals surface area contributed by atoms with Crippen molar-refractivity contribution in [1.29, 1.82) is 0 Å². The number of hydrogen-bond acceptors (Lipinski definition) is 5. The third kappa shape index (κ3) is 2.48. The molecule has 0 spiro atoms. The SMILES string of the molecule is Nc1ccc2oc(SCc3ccc(Cl)s3)nc2c1. The van der Waals surface area contributed by atoms with Crippen molar-refractivity contribution in [2.75, 3.05) is 5.73 Å². The Balaban J connectivity index is 1.78. The zero-order valence-corrected chi connectivity index (χ0v) is 11.6. The van der Waals surface area contributed by atoms with Crippen molar-refractivity contribution in [1.82, 2.24) is 4.98 Å². The second kappa shape index (κ2) is 4.84. The highest BCUT2D eigenvalue weighted by atomic mass is 35.5. The van der Waals surface area contributed by atoms with Crippen LogP contribution in [0.2, 0.25) is 4.34 Å². The molecule has 3 nitrogen and oxygen atoms in total. The third-order valence-corrected chi connectivity index (χ3v) is 4.65. The number of nitrogen functional groups attached to an aromatic ring is 1. The van der Waals surface area contributed by atoms with Crippen LogP contribution in [0.25, 0.3) is 11.1 Å². The summed E-state index contributed by atoms with van der Waals surface area (Å²) in [5, 5.41) is 0.653. The Morgan fingerprint density at radius 2 is 2.22 bits per heavy atom. The molecule has 0 saturated carbocycles. The molecule has 0 aliphatic carbocycles. The van der Waals surface area contributed by atoms with Gasteiger partial charge in [-0.05, 0) is 30.3 Å². The Labute approximate surface area is 117 Å². The Morgan fingerprint density at radius 3 is 3.00 bits per heavy atom. The van der Waals surface area contributed by atoms with E-state index >= 15 is 0 Å². The molecule has 1 aromatic carbocycles. The van der Waals surface area contributed by atoms with E-state index in [1.165, 1.54) is 4.88 Å². The molecule has 18 heavy (non-hydrogen) atoms. The molecule has 0 radical (unpaired) electrons. The lowest BCUT2D eigenvalue weighted by Crippen LogP contribution is -1.82. The number of hydrogen-bond donors (Lipinski definition) is 1. The molecular weight excluding hydrogens is 288 g/mol. The van der Waals surface area contributed by atoms with Gasteiger partial charge in [0.2, 0.25) is 0 Å². The molecule has 0 bridgehead atoms. The number of oxazole rings is 1. The fourth-order valence-electron chi connectivity index (χ4n) is 1.55. The molecule has 0 aliphatic heterocycles. The summed E-state index contributed by atoms with van der Waals surface area (Å²) in [6, 6.07) is 9.37. The number of benzene rings is 1. The smallest absolute Gasteiger partial charge is 0.257 e. The van der Waals surface area contributed by atoms with Gasteiger partial charge in [0.15, 0.2) is 5.58 Å². The standard InChI is InChI=1S/C12H9ClN2OS2/c13-11-4-2-8(18-11)6-17-12-15-9-5-7(14)1-3-10(9)16-12/h1-5H,6,14H2. The van der Waals surface area contributed by atoms with Gasteiger partial charge >= 0.3 is 0 Å². The number of aromatic nitrogens is 1. The van der Waals surface area contributed by atoms with E-state index in [-0.39, 0.29) is 0 Å². The number of nitrogens with zero attached hydrogens (tertiary/aromatic N) is 1. The van der Waals surface area contributed by atoms with E-state index in [2.05, 4.69) is 4.98 Å². The molecule has 92 valence electrons. The third-order valence-electron chi connectivity index (χ3n) is 2.36. The lowest BCUT2D eigenvalue weighted by Gasteiger charge is -1.91. The van der Waals surface area contributed by atoms with E-state index in [1.807, 2.05) is 24.3 Å². The van der Waals surface area contributed by atoms with Crippen LogP contribution in [-0.2, 0) is 5.75 Å². The second-order valence-electron chi connectivity index (χ2n) is 3.70. The topological polar surface area (TPSA) is 52.0 Å². The van der Waals surface area contributed by atoms with Crippen LogP contribution in [0.1, 0.15) is 4.88 Å². The average molecular weight is 297 g/mol. The molecule has 0 amide bonds. The Kier molecular flexibility index (Phi) is 3.20. The van der Waals surface area contributed by atoms with Crippen molar-refractivity contribution in [2.45, 2.75) is 11.0 Å².